The molecule has 1 aromatic carbocycles. The Labute approximate surface area is 76.2 Å². The molecule has 0 fully saturated rings. The molecule has 2 N–H and O–H groups in total. The molecule has 0 spiro atoms. The fourth-order valence-corrected chi connectivity index (χ4v) is 1.28. The van der Waals surface area contributed by atoms with Crippen molar-refractivity contribution in [3.05, 3.63) is 36.2 Å². The van der Waals surface area contributed by atoms with Crippen molar-refractivity contribution >= 4 is 5.69 Å². The summed E-state index contributed by atoms with van der Waals surface area (Å²) in [6.45, 7) is 2.01. The van der Waals surface area contributed by atoms with Crippen LogP contribution in [0.4, 0.5) is 5.69 Å². The van der Waals surface area contributed by atoms with Gasteiger partial charge in [0.05, 0.1) is 6.20 Å². The Balaban J connectivity index is 2.53. The van der Waals surface area contributed by atoms with Crippen molar-refractivity contribution < 1.29 is 4.52 Å². The van der Waals surface area contributed by atoms with Gasteiger partial charge >= 0.3 is 0 Å². The Hall–Kier alpha value is -1.77. The third kappa shape index (κ3) is 1.40. The van der Waals surface area contributed by atoms with E-state index in [9.17, 15) is 0 Å². The van der Waals surface area contributed by atoms with Crippen LogP contribution in [-0.2, 0) is 0 Å². The summed E-state index contributed by atoms with van der Waals surface area (Å²) in [4.78, 5) is 0. The molecule has 0 bridgehead atoms. The first-order valence-electron chi connectivity index (χ1n) is 4.03. The third-order valence-corrected chi connectivity index (χ3v) is 1.95. The molecule has 2 rings (SSSR count). The van der Waals surface area contributed by atoms with E-state index in [4.69, 9.17) is 10.3 Å². The minimum absolute atomic E-state index is 0.753. The van der Waals surface area contributed by atoms with Gasteiger partial charge in [-0.3, -0.25) is 0 Å². The normalized spacial score (nSPS) is 10.2. The largest absolute Gasteiger partial charge is 0.398 e. The van der Waals surface area contributed by atoms with Crippen LogP contribution in [0.25, 0.3) is 11.1 Å². The second-order valence-corrected chi connectivity index (χ2v) is 3.00. The average Bonchev–Trinajstić information content (AvgIpc) is 2.56. The minimum Gasteiger partial charge on any atom is -0.398 e. The van der Waals surface area contributed by atoms with Crippen molar-refractivity contribution in [2.45, 2.75) is 6.92 Å². The maximum atomic E-state index is 5.84. The topological polar surface area (TPSA) is 52.0 Å². The molecule has 66 valence electrons. The van der Waals surface area contributed by atoms with Gasteiger partial charge in [0.25, 0.3) is 0 Å². The Kier molecular flexibility index (Phi) is 1.77. The van der Waals surface area contributed by atoms with Crippen molar-refractivity contribution in [2.24, 2.45) is 0 Å². The van der Waals surface area contributed by atoms with Crippen LogP contribution < -0.4 is 5.73 Å². The highest BCUT2D eigenvalue weighted by Gasteiger charge is 2.03. The molecule has 1 aromatic heterocycles. The third-order valence-electron chi connectivity index (χ3n) is 1.95. The Morgan fingerprint density at radius 3 is 2.85 bits per heavy atom. The Morgan fingerprint density at radius 1 is 1.38 bits per heavy atom. The van der Waals surface area contributed by atoms with Crippen LogP contribution in [-0.4, -0.2) is 5.16 Å². The highest BCUT2D eigenvalue weighted by molar-refractivity contribution is 5.75. The second kappa shape index (κ2) is 2.94. The molecule has 3 nitrogen and oxygen atoms in total. The van der Waals surface area contributed by atoms with E-state index in [1.807, 2.05) is 25.1 Å². The van der Waals surface area contributed by atoms with Crippen LogP contribution in [0.1, 0.15) is 5.56 Å². The van der Waals surface area contributed by atoms with Gasteiger partial charge in [0, 0.05) is 16.8 Å². The molecule has 0 unspecified atom stereocenters. The van der Waals surface area contributed by atoms with E-state index >= 15 is 0 Å². The van der Waals surface area contributed by atoms with E-state index in [2.05, 4.69) is 5.16 Å². The first-order valence-corrected chi connectivity index (χ1v) is 4.03. The monoisotopic (exact) mass is 174 g/mol. The molecule has 3 heteroatoms. The summed E-state index contributed by atoms with van der Waals surface area (Å²) in [6.07, 6.45) is 3.24. The molecule has 0 saturated carbocycles. The lowest BCUT2D eigenvalue weighted by Gasteiger charge is -2.02. The van der Waals surface area contributed by atoms with Gasteiger partial charge in [-0.1, -0.05) is 17.3 Å². The van der Waals surface area contributed by atoms with Crippen molar-refractivity contribution in [3.8, 4) is 11.1 Å². The predicted molar refractivity (Wildman–Crippen MR) is 51.1 cm³/mol. The van der Waals surface area contributed by atoms with Gasteiger partial charge in [0.1, 0.15) is 6.26 Å². The lowest BCUT2D eigenvalue weighted by atomic mass is 10.1. The predicted octanol–water partition coefficient (Wildman–Crippen LogP) is 2.23. The van der Waals surface area contributed by atoms with Crippen LogP contribution >= 0.6 is 0 Å². The molecule has 0 radical (unpaired) electrons. The van der Waals surface area contributed by atoms with E-state index in [0.29, 0.717) is 0 Å². The van der Waals surface area contributed by atoms with Crippen LogP contribution in [0, 0.1) is 6.92 Å². The van der Waals surface area contributed by atoms with E-state index in [1.165, 1.54) is 0 Å². The van der Waals surface area contributed by atoms with Gasteiger partial charge in [-0.05, 0) is 18.6 Å². The van der Waals surface area contributed by atoms with Crippen LogP contribution in [0.2, 0.25) is 0 Å². The number of nitrogens with two attached hydrogens (primary N) is 1. The van der Waals surface area contributed by atoms with E-state index in [0.717, 1.165) is 22.4 Å². The van der Waals surface area contributed by atoms with E-state index in [-0.39, 0.29) is 0 Å². The molecule has 0 atom stereocenters. The maximum Gasteiger partial charge on any atom is 0.131 e. The summed E-state index contributed by atoms with van der Waals surface area (Å²) in [5.74, 6) is 0. The molecule has 13 heavy (non-hydrogen) atoms. The molecule has 2 aromatic rings. The van der Waals surface area contributed by atoms with Gasteiger partial charge in [-0.15, -0.1) is 0 Å². The first kappa shape index (κ1) is 7.86. The lowest BCUT2D eigenvalue weighted by Crippen LogP contribution is -1.89. The van der Waals surface area contributed by atoms with Crippen LogP contribution in [0.5, 0.6) is 0 Å². The number of aryl methyl sites for hydroxylation is 1. The molecule has 1 heterocycles. The van der Waals surface area contributed by atoms with Crippen molar-refractivity contribution in [3.63, 3.8) is 0 Å². The number of rotatable bonds is 1. The lowest BCUT2D eigenvalue weighted by molar-refractivity contribution is 0.420. The average molecular weight is 174 g/mol. The van der Waals surface area contributed by atoms with Gasteiger partial charge in [-0.25, -0.2) is 0 Å². The number of anilines is 1. The quantitative estimate of drug-likeness (QED) is 0.674. The fraction of sp³-hybridized carbons (Fsp3) is 0.100. The smallest absolute Gasteiger partial charge is 0.131 e. The summed E-state index contributed by atoms with van der Waals surface area (Å²) in [6, 6.07) is 5.91. The van der Waals surface area contributed by atoms with Gasteiger partial charge < -0.3 is 10.3 Å². The SMILES string of the molecule is Cc1ccc(-c2cnoc2)c(N)c1. The number of hydrogen-bond donors (Lipinski definition) is 1. The number of hydrogen-bond acceptors (Lipinski definition) is 3. The standard InChI is InChI=1S/C10H10N2O/c1-7-2-3-9(10(11)4-7)8-5-12-13-6-8/h2-6H,11H2,1H3. The molecule has 0 saturated heterocycles. The highest BCUT2D eigenvalue weighted by atomic mass is 16.5. The molecule has 0 amide bonds. The number of benzene rings is 1. The van der Waals surface area contributed by atoms with Crippen molar-refractivity contribution in [1.82, 2.24) is 5.16 Å². The van der Waals surface area contributed by atoms with Crippen molar-refractivity contribution in [2.75, 3.05) is 5.73 Å². The summed E-state index contributed by atoms with van der Waals surface area (Å²) >= 11 is 0. The zero-order chi connectivity index (χ0) is 9.26. The van der Waals surface area contributed by atoms with Crippen LogP contribution in [0.3, 0.4) is 0 Å². The molecular weight excluding hydrogens is 164 g/mol. The van der Waals surface area contributed by atoms with Crippen LogP contribution in [0.15, 0.2) is 35.2 Å². The van der Waals surface area contributed by atoms with Gasteiger partial charge in [0.2, 0.25) is 0 Å². The zero-order valence-corrected chi connectivity index (χ0v) is 7.32. The van der Waals surface area contributed by atoms with E-state index in [1.54, 1.807) is 12.5 Å². The summed E-state index contributed by atoms with van der Waals surface area (Å²) in [7, 11) is 0. The van der Waals surface area contributed by atoms with Gasteiger partial charge in [0.15, 0.2) is 0 Å². The Morgan fingerprint density at radius 2 is 2.23 bits per heavy atom. The maximum absolute atomic E-state index is 5.84. The molecular formula is C10H10N2O. The second-order valence-electron chi connectivity index (χ2n) is 3.00. The van der Waals surface area contributed by atoms with Crippen molar-refractivity contribution in [1.29, 1.82) is 0 Å². The zero-order valence-electron chi connectivity index (χ0n) is 7.32. The number of nitrogen functional groups attached to an aromatic ring is 1. The highest BCUT2D eigenvalue weighted by Crippen LogP contribution is 2.25. The summed E-state index contributed by atoms with van der Waals surface area (Å²) in [5, 5.41) is 3.63. The summed E-state index contributed by atoms with van der Waals surface area (Å²) < 4.78 is 4.75. The molecule has 0 aliphatic rings. The minimum atomic E-state index is 0.753. The number of aromatic nitrogens is 1. The summed E-state index contributed by atoms with van der Waals surface area (Å²) in [5.41, 5.74) is 9.63. The number of nitrogens with zero attached hydrogens (tertiary/aromatic N) is 1. The fourth-order valence-electron chi connectivity index (χ4n) is 1.28. The van der Waals surface area contributed by atoms with Gasteiger partial charge in [-0.2, -0.15) is 0 Å². The first-order chi connectivity index (χ1) is 6.27. The Bertz CT molecular complexity index is 407. The van der Waals surface area contributed by atoms with E-state index < -0.39 is 0 Å². The molecule has 0 aliphatic heterocycles. The molecule has 0 aliphatic carbocycles.